The predicted molar refractivity (Wildman–Crippen MR) is 162 cm³/mol. The van der Waals surface area contributed by atoms with Crippen LogP contribution in [0.25, 0.3) is 12.2 Å². The van der Waals surface area contributed by atoms with E-state index < -0.39 is 6.09 Å². The summed E-state index contributed by atoms with van der Waals surface area (Å²) in [4.78, 5) is 40.9. The third-order valence-corrected chi connectivity index (χ3v) is 7.55. The summed E-state index contributed by atoms with van der Waals surface area (Å²) in [5.74, 6) is 0.897. The molecular weight excluding hydrogens is 552 g/mol. The van der Waals surface area contributed by atoms with Crippen molar-refractivity contribution in [3.8, 4) is 11.6 Å². The van der Waals surface area contributed by atoms with Gasteiger partial charge >= 0.3 is 12.1 Å². The molecule has 1 aromatic carbocycles. The molecule has 0 radical (unpaired) electrons. The third kappa shape index (κ3) is 6.90. The van der Waals surface area contributed by atoms with Crippen molar-refractivity contribution in [2.45, 2.75) is 31.7 Å². The van der Waals surface area contributed by atoms with Gasteiger partial charge in [-0.2, -0.15) is 0 Å². The van der Waals surface area contributed by atoms with Crippen LogP contribution < -0.4 is 14.4 Å². The first-order chi connectivity index (χ1) is 20.6. The summed E-state index contributed by atoms with van der Waals surface area (Å²) < 4.78 is 16.1. The molecule has 0 N–H and O–H groups in total. The average molecular weight is 583 g/mol. The summed E-state index contributed by atoms with van der Waals surface area (Å²) in [6.07, 6.45) is 11.3. The maximum atomic E-state index is 13.3. The Morgan fingerprint density at radius 3 is 2.71 bits per heavy atom. The number of ether oxygens (including phenoxy) is 3. The fourth-order valence-corrected chi connectivity index (χ4v) is 5.48. The van der Waals surface area contributed by atoms with Crippen LogP contribution in [0.5, 0.6) is 11.6 Å². The first-order valence-electron chi connectivity index (χ1n) is 13.5. The molecule has 3 aromatic heterocycles. The van der Waals surface area contributed by atoms with Crippen molar-refractivity contribution in [3.63, 3.8) is 0 Å². The highest BCUT2D eigenvalue weighted by Crippen LogP contribution is 2.32. The third-order valence-electron chi connectivity index (χ3n) is 6.57. The van der Waals surface area contributed by atoms with Gasteiger partial charge < -0.3 is 14.2 Å². The van der Waals surface area contributed by atoms with Crippen molar-refractivity contribution in [1.29, 1.82) is 0 Å². The van der Waals surface area contributed by atoms with E-state index in [2.05, 4.69) is 9.97 Å². The molecule has 0 aliphatic carbocycles. The zero-order valence-corrected chi connectivity index (χ0v) is 24.1. The number of fused-ring (bicyclic) bond motifs is 1. The monoisotopic (exact) mass is 582 g/mol. The number of hydrogen-bond acceptors (Lipinski definition) is 9. The standard InChI is InChI=1S/C32H30N4O5S/c1-3-40-29(37)19-27(23-15-17-28(39-2)34-20-23)31-35-24(21-42-31)10-7-11-25-16-14-22-9-8-18-33-30(22)36(25)32(38)41-26-12-5-4-6-13-26/h4-10,12-18,20-21,25,27H,3,11,19H2,1-2H3/b10-7+. The largest absolute Gasteiger partial charge is 0.481 e. The normalized spacial score (nSPS) is 14.8. The number of para-hydroxylation sites is 1. The van der Waals surface area contributed by atoms with Crippen LogP contribution in [0.15, 0.2) is 84.5 Å². The van der Waals surface area contributed by atoms with Gasteiger partial charge in [-0.3, -0.25) is 9.69 Å². The van der Waals surface area contributed by atoms with E-state index in [1.54, 1.807) is 49.5 Å². The van der Waals surface area contributed by atoms with Crippen molar-refractivity contribution in [2.75, 3.05) is 18.6 Å². The number of pyridine rings is 2. The number of carbonyl (C=O) groups is 2. The lowest BCUT2D eigenvalue weighted by atomic mass is 9.98. The van der Waals surface area contributed by atoms with Crippen LogP contribution in [0.1, 0.15) is 47.5 Å². The number of hydrogen-bond donors (Lipinski definition) is 0. The van der Waals surface area contributed by atoms with Crippen molar-refractivity contribution in [2.24, 2.45) is 0 Å². The smallest absolute Gasteiger partial charge is 0.421 e. The zero-order valence-electron chi connectivity index (χ0n) is 23.3. The lowest BCUT2D eigenvalue weighted by molar-refractivity contribution is -0.143. The second-order valence-corrected chi connectivity index (χ2v) is 10.2. The number of anilines is 1. The van der Waals surface area contributed by atoms with Crippen LogP contribution in [-0.2, 0) is 9.53 Å². The Morgan fingerprint density at radius 2 is 1.95 bits per heavy atom. The van der Waals surface area contributed by atoms with Crippen molar-refractivity contribution >= 4 is 41.4 Å². The highest BCUT2D eigenvalue weighted by atomic mass is 32.1. The molecule has 0 spiro atoms. The SMILES string of the molecule is CCOC(=O)CC(c1ccc(OC)nc1)c1nc(/C=C/CC2C=Cc3cccnc3N2C(=O)Oc2ccccc2)cs1. The molecule has 4 heterocycles. The molecule has 42 heavy (non-hydrogen) atoms. The van der Waals surface area contributed by atoms with Gasteiger partial charge in [0.15, 0.2) is 0 Å². The molecule has 2 atom stereocenters. The number of rotatable bonds is 10. The van der Waals surface area contributed by atoms with Crippen molar-refractivity contribution in [1.82, 2.24) is 15.0 Å². The molecule has 0 fully saturated rings. The Morgan fingerprint density at radius 1 is 1.10 bits per heavy atom. The molecule has 1 aliphatic rings. The lowest BCUT2D eigenvalue weighted by Gasteiger charge is -2.31. The molecule has 0 saturated carbocycles. The number of nitrogens with zero attached hydrogens (tertiary/aromatic N) is 4. The van der Waals surface area contributed by atoms with Gasteiger partial charge in [-0.05, 0) is 49.2 Å². The number of thiazole rings is 1. The summed E-state index contributed by atoms with van der Waals surface area (Å²) in [6, 6.07) is 16.1. The second kappa shape index (κ2) is 13.7. The first-order valence-corrected chi connectivity index (χ1v) is 14.4. The summed E-state index contributed by atoms with van der Waals surface area (Å²) in [5.41, 5.74) is 2.44. The van der Waals surface area contributed by atoms with Crippen LogP contribution in [-0.4, -0.2) is 46.8 Å². The highest BCUT2D eigenvalue weighted by Gasteiger charge is 2.30. The van der Waals surface area contributed by atoms with Gasteiger partial charge in [0.2, 0.25) is 5.88 Å². The summed E-state index contributed by atoms with van der Waals surface area (Å²) >= 11 is 1.47. The van der Waals surface area contributed by atoms with Gasteiger partial charge in [0, 0.05) is 35.3 Å². The van der Waals surface area contributed by atoms with Crippen LogP contribution in [0, 0.1) is 0 Å². The van der Waals surface area contributed by atoms with E-state index in [0.717, 1.165) is 21.8 Å². The minimum atomic E-state index is -0.505. The summed E-state index contributed by atoms with van der Waals surface area (Å²) in [7, 11) is 1.56. The minimum absolute atomic E-state index is 0.149. The van der Waals surface area contributed by atoms with Gasteiger partial charge in [-0.25, -0.2) is 19.7 Å². The number of methoxy groups -OCH3 is 1. The molecule has 0 bridgehead atoms. The van der Waals surface area contributed by atoms with Crippen LogP contribution in [0.4, 0.5) is 10.6 Å². The molecule has 1 aliphatic heterocycles. The Kier molecular flexibility index (Phi) is 9.35. The summed E-state index contributed by atoms with van der Waals surface area (Å²) in [6.45, 7) is 2.09. The Bertz CT molecular complexity index is 1570. The van der Waals surface area contributed by atoms with E-state index in [1.807, 2.05) is 66.1 Å². The van der Waals surface area contributed by atoms with E-state index in [4.69, 9.17) is 19.2 Å². The molecule has 2 unspecified atom stereocenters. The molecule has 5 rings (SSSR count). The number of benzene rings is 1. The van der Waals surface area contributed by atoms with Crippen molar-refractivity contribution in [3.05, 3.63) is 106 Å². The van der Waals surface area contributed by atoms with E-state index in [9.17, 15) is 9.59 Å². The zero-order chi connectivity index (χ0) is 29.3. The van der Waals surface area contributed by atoms with E-state index in [0.29, 0.717) is 30.5 Å². The number of carbonyl (C=O) groups excluding carboxylic acids is 2. The van der Waals surface area contributed by atoms with E-state index in [-0.39, 0.29) is 24.3 Å². The molecule has 10 heteroatoms. The Hall–Kier alpha value is -4.83. The molecular formula is C32H30N4O5S. The molecule has 0 saturated heterocycles. The second-order valence-electron chi connectivity index (χ2n) is 9.34. The molecule has 9 nitrogen and oxygen atoms in total. The topological polar surface area (TPSA) is 104 Å². The predicted octanol–water partition coefficient (Wildman–Crippen LogP) is 6.53. The van der Waals surface area contributed by atoms with Gasteiger partial charge in [0.05, 0.1) is 31.9 Å². The highest BCUT2D eigenvalue weighted by molar-refractivity contribution is 7.09. The quantitative estimate of drug-likeness (QED) is 0.194. The van der Waals surface area contributed by atoms with E-state index in [1.165, 1.54) is 11.3 Å². The van der Waals surface area contributed by atoms with Gasteiger partial charge in [-0.1, -0.05) is 42.5 Å². The van der Waals surface area contributed by atoms with Crippen LogP contribution >= 0.6 is 11.3 Å². The Balaban J connectivity index is 1.33. The first kappa shape index (κ1) is 28.7. The summed E-state index contributed by atoms with van der Waals surface area (Å²) in [5, 5.41) is 2.72. The fourth-order valence-electron chi connectivity index (χ4n) is 4.56. The number of amides is 1. The maximum Gasteiger partial charge on any atom is 0.421 e. The fraction of sp³-hybridized carbons (Fsp3) is 0.219. The molecule has 1 amide bonds. The maximum absolute atomic E-state index is 13.3. The van der Waals surface area contributed by atoms with Crippen molar-refractivity contribution < 1.29 is 23.8 Å². The van der Waals surface area contributed by atoms with Crippen LogP contribution in [0.3, 0.4) is 0 Å². The lowest BCUT2D eigenvalue weighted by Crippen LogP contribution is -2.43. The van der Waals surface area contributed by atoms with Gasteiger partial charge in [0.1, 0.15) is 16.6 Å². The van der Waals surface area contributed by atoms with Gasteiger partial charge in [-0.15, -0.1) is 11.3 Å². The molecule has 4 aromatic rings. The number of aromatic nitrogens is 3. The number of esters is 1. The minimum Gasteiger partial charge on any atom is -0.481 e. The average Bonchev–Trinajstić information content (AvgIpc) is 3.49. The van der Waals surface area contributed by atoms with E-state index >= 15 is 0 Å². The molecule has 214 valence electrons. The Labute approximate surface area is 248 Å². The van der Waals surface area contributed by atoms with Crippen LogP contribution in [0.2, 0.25) is 0 Å². The van der Waals surface area contributed by atoms with Gasteiger partial charge in [0.25, 0.3) is 0 Å².